The van der Waals surface area contributed by atoms with Gasteiger partial charge in [0.05, 0.1) is 25.4 Å². The molecule has 0 saturated carbocycles. The molecule has 2 heterocycles. The van der Waals surface area contributed by atoms with Crippen molar-refractivity contribution in [2.75, 3.05) is 26.3 Å². The second kappa shape index (κ2) is 6.60. The lowest BCUT2D eigenvalue weighted by molar-refractivity contribution is -0.0305. The van der Waals surface area contributed by atoms with Crippen molar-refractivity contribution in [3.05, 3.63) is 59.7 Å². The summed E-state index contributed by atoms with van der Waals surface area (Å²) < 4.78 is 21.5. The molecule has 1 aromatic carbocycles. The van der Waals surface area contributed by atoms with Gasteiger partial charge in [0.1, 0.15) is 5.82 Å². The Morgan fingerprint density at radius 1 is 1.32 bits per heavy atom. The monoisotopic (exact) mass is 304 g/mol. The summed E-state index contributed by atoms with van der Waals surface area (Å²) in [5.74, 6) is -0.362. The Morgan fingerprint density at radius 3 is 2.86 bits per heavy atom. The normalized spacial score (nSPS) is 21.0. The minimum absolute atomic E-state index is 0.0789. The van der Waals surface area contributed by atoms with Crippen LogP contribution in [0.2, 0.25) is 0 Å². The zero-order valence-electron chi connectivity index (χ0n) is 12.7. The molecular formula is C17H21FN2O2. The fraction of sp³-hybridized carbons (Fsp3) is 0.412. The van der Waals surface area contributed by atoms with Gasteiger partial charge in [-0.05, 0) is 18.2 Å². The van der Waals surface area contributed by atoms with Crippen LogP contribution in [0.1, 0.15) is 23.4 Å². The van der Waals surface area contributed by atoms with Crippen molar-refractivity contribution >= 4 is 0 Å². The summed E-state index contributed by atoms with van der Waals surface area (Å²) in [5, 5.41) is 10.4. The van der Waals surface area contributed by atoms with E-state index in [0.717, 1.165) is 12.2 Å². The maximum atomic E-state index is 13.8. The number of ether oxygens (including phenoxy) is 1. The first-order valence-corrected chi connectivity index (χ1v) is 7.52. The molecule has 1 aliphatic rings. The van der Waals surface area contributed by atoms with Crippen LogP contribution in [-0.2, 0) is 11.8 Å². The predicted molar refractivity (Wildman–Crippen MR) is 81.9 cm³/mol. The Balaban J connectivity index is 1.77. The number of halogens is 1. The third-order valence-corrected chi connectivity index (χ3v) is 4.24. The fourth-order valence-electron chi connectivity index (χ4n) is 3.02. The Bertz CT molecular complexity index is 629. The van der Waals surface area contributed by atoms with E-state index in [9.17, 15) is 9.50 Å². The lowest BCUT2D eigenvalue weighted by Gasteiger charge is -2.37. The minimum atomic E-state index is -0.845. The number of aryl methyl sites for hydroxylation is 1. The minimum Gasteiger partial charge on any atom is -0.387 e. The van der Waals surface area contributed by atoms with E-state index in [1.807, 2.05) is 19.3 Å². The summed E-state index contributed by atoms with van der Waals surface area (Å²) in [5.41, 5.74) is 1.49. The lowest BCUT2D eigenvalue weighted by atomic mass is 10.1. The number of morpholine rings is 1. The number of hydrogen-bond acceptors (Lipinski definition) is 3. The number of nitrogens with zero attached hydrogens (tertiary/aromatic N) is 2. The van der Waals surface area contributed by atoms with Crippen LogP contribution >= 0.6 is 0 Å². The molecule has 0 spiro atoms. The van der Waals surface area contributed by atoms with E-state index in [1.165, 1.54) is 6.07 Å². The molecule has 0 bridgehead atoms. The zero-order valence-corrected chi connectivity index (χ0v) is 12.7. The van der Waals surface area contributed by atoms with Crippen LogP contribution in [-0.4, -0.2) is 40.9 Å². The first-order valence-electron chi connectivity index (χ1n) is 7.52. The molecule has 0 radical (unpaired) electrons. The standard InChI is InChI=1S/C17H21FN2O2/c1-19-8-4-7-15(19)16-12-22-10-9-20(16)11-17(21)13-5-2-3-6-14(13)18/h2-8,16-17,21H,9-12H2,1H3/t16-,17+/m0/s1. The number of β-amino-alcohol motifs (C(OH)–C–C–N with tert-alkyl or cyclic N) is 1. The highest BCUT2D eigenvalue weighted by Gasteiger charge is 2.28. The van der Waals surface area contributed by atoms with Gasteiger partial charge in [-0.15, -0.1) is 0 Å². The highest BCUT2D eigenvalue weighted by Crippen LogP contribution is 2.27. The molecule has 5 heteroatoms. The lowest BCUT2D eigenvalue weighted by Crippen LogP contribution is -2.42. The average molecular weight is 304 g/mol. The summed E-state index contributed by atoms with van der Waals surface area (Å²) in [6.45, 7) is 2.33. The molecule has 0 amide bonds. The molecule has 0 aliphatic carbocycles. The van der Waals surface area contributed by atoms with Crippen LogP contribution < -0.4 is 0 Å². The molecule has 3 rings (SSSR count). The zero-order chi connectivity index (χ0) is 15.5. The molecule has 22 heavy (non-hydrogen) atoms. The molecule has 1 saturated heterocycles. The van der Waals surface area contributed by atoms with Crippen molar-refractivity contribution in [3.8, 4) is 0 Å². The highest BCUT2D eigenvalue weighted by atomic mass is 19.1. The van der Waals surface area contributed by atoms with E-state index in [-0.39, 0.29) is 11.9 Å². The number of aliphatic hydroxyl groups excluding tert-OH is 1. The molecule has 2 atom stereocenters. The summed E-state index contributed by atoms with van der Waals surface area (Å²) in [4.78, 5) is 2.16. The number of aliphatic hydroxyl groups is 1. The largest absolute Gasteiger partial charge is 0.387 e. The van der Waals surface area contributed by atoms with Crippen molar-refractivity contribution in [1.29, 1.82) is 0 Å². The van der Waals surface area contributed by atoms with Gasteiger partial charge in [-0.3, -0.25) is 4.90 Å². The van der Waals surface area contributed by atoms with E-state index < -0.39 is 6.10 Å². The van der Waals surface area contributed by atoms with Crippen molar-refractivity contribution < 1.29 is 14.2 Å². The Hall–Kier alpha value is -1.69. The van der Waals surface area contributed by atoms with Gasteiger partial charge in [0.15, 0.2) is 0 Å². The average Bonchev–Trinajstić information content (AvgIpc) is 2.94. The van der Waals surface area contributed by atoms with E-state index in [0.29, 0.717) is 25.3 Å². The molecule has 1 fully saturated rings. The van der Waals surface area contributed by atoms with E-state index in [2.05, 4.69) is 15.5 Å². The van der Waals surface area contributed by atoms with Gasteiger partial charge in [0.25, 0.3) is 0 Å². The molecule has 118 valence electrons. The molecule has 0 unspecified atom stereocenters. The first kappa shape index (κ1) is 15.2. The van der Waals surface area contributed by atoms with Gasteiger partial charge in [-0.1, -0.05) is 18.2 Å². The van der Waals surface area contributed by atoms with E-state index >= 15 is 0 Å². The number of hydrogen-bond donors (Lipinski definition) is 1. The van der Waals surface area contributed by atoms with Gasteiger partial charge >= 0.3 is 0 Å². The SMILES string of the molecule is Cn1cccc1[C@@H]1COCCN1C[C@@H](O)c1ccccc1F. The third-order valence-electron chi connectivity index (χ3n) is 4.24. The molecule has 2 aromatic rings. The maximum Gasteiger partial charge on any atom is 0.129 e. The number of aromatic nitrogens is 1. The summed E-state index contributed by atoms with van der Waals surface area (Å²) >= 11 is 0. The van der Waals surface area contributed by atoms with Crippen LogP contribution in [0.15, 0.2) is 42.6 Å². The summed E-state index contributed by atoms with van der Waals surface area (Å²) in [6.07, 6.45) is 1.15. The van der Waals surface area contributed by atoms with Gasteiger partial charge in [0, 0.05) is 37.6 Å². The molecule has 4 nitrogen and oxygen atoms in total. The predicted octanol–water partition coefficient (Wildman–Crippen LogP) is 2.27. The van der Waals surface area contributed by atoms with Gasteiger partial charge in [-0.25, -0.2) is 4.39 Å². The molecule has 1 N–H and O–H groups in total. The van der Waals surface area contributed by atoms with E-state index in [4.69, 9.17) is 4.74 Å². The second-order valence-electron chi connectivity index (χ2n) is 5.67. The van der Waals surface area contributed by atoms with Crippen molar-refractivity contribution in [3.63, 3.8) is 0 Å². The van der Waals surface area contributed by atoms with Gasteiger partial charge < -0.3 is 14.4 Å². The quantitative estimate of drug-likeness (QED) is 0.941. The molecular weight excluding hydrogens is 283 g/mol. The maximum absolute atomic E-state index is 13.8. The molecule has 1 aliphatic heterocycles. The Morgan fingerprint density at radius 2 is 2.14 bits per heavy atom. The number of rotatable bonds is 4. The third kappa shape index (κ3) is 3.06. The Kier molecular flexibility index (Phi) is 4.57. The van der Waals surface area contributed by atoms with Crippen LogP contribution in [0.3, 0.4) is 0 Å². The van der Waals surface area contributed by atoms with Crippen LogP contribution in [0.5, 0.6) is 0 Å². The van der Waals surface area contributed by atoms with E-state index in [1.54, 1.807) is 18.2 Å². The van der Waals surface area contributed by atoms with Gasteiger partial charge in [0.2, 0.25) is 0 Å². The van der Waals surface area contributed by atoms with Crippen molar-refractivity contribution in [2.24, 2.45) is 7.05 Å². The molecule has 1 aromatic heterocycles. The highest BCUT2D eigenvalue weighted by molar-refractivity contribution is 5.20. The second-order valence-corrected chi connectivity index (χ2v) is 5.67. The Labute approximate surface area is 129 Å². The summed E-state index contributed by atoms with van der Waals surface area (Å²) in [7, 11) is 2.00. The van der Waals surface area contributed by atoms with Gasteiger partial charge in [-0.2, -0.15) is 0 Å². The van der Waals surface area contributed by atoms with Crippen LogP contribution in [0.4, 0.5) is 4.39 Å². The van der Waals surface area contributed by atoms with Crippen molar-refractivity contribution in [1.82, 2.24) is 9.47 Å². The van der Waals surface area contributed by atoms with Crippen molar-refractivity contribution in [2.45, 2.75) is 12.1 Å². The van der Waals surface area contributed by atoms with Crippen LogP contribution in [0, 0.1) is 5.82 Å². The fourth-order valence-corrected chi connectivity index (χ4v) is 3.02. The number of benzene rings is 1. The van der Waals surface area contributed by atoms with Crippen LogP contribution in [0.25, 0.3) is 0 Å². The first-order chi connectivity index (χ1) is 10.7. The summed E-state index contributed by atoms with van der Waals surface area (Å²) in [6, 6.07) is 10.5. The topological polar surface area (TPSA) is 37.6 Å². The smallest absolute Gasteiger partial charge is 0.129 e.